The van der Waals surface area contributed by atoms with Crippen LogP contribution in [-0.4, -0.2) is 10.9 Å². The number of carbonyl (C=O) groups excluding carboxylic acids is 1. The van der Waals surface area contributed by atoms with E-state index in [9.17, 15) is 4.79 Å². The highest BCUT2D eigenvalue weighted by atomic mass is 16.2. The van der Waals surface area contributed by atoms with Gasteiger partial charge in [0.25, 0.3) is 0 Å². The van der Waals surface area contributed by atoms with Crippen molar-refractivity contribution in [3.63, 3.8) is 0 Å². The van der Waals surface area contributed by atoms with Gasteiger partial charge in [-0.1, -0.05) is 36.4 Å². The van der Waals surface area contributed by atoms with Gasteiger partial charge in [-0.3, -0.25) is 15.6 Å². The molecule has 3 aromatic rings. The molecule has 0 unspecified atom stereocenters. The molecule has 4 heteroatoms. The van der Waals surface area contributed by atoms with Gasteiger partial charge in [0, 0.05) is 17.1 Å². The lowest BCUT2D eigenvalue weighted by molar-refractivity contribution is -0.119. The van der Waals surface area contributed by atoms with Crippen molar-refractivity contribution in [1.29, 1.82) is 0 Å². The van der Waals surface area contributed by atoms with E-state index in [2.05, 4.69) is 15.8 Å². The minimum atomic E-state index is -0.0707. The van der Waals surface area contributed by atoms with Crippen LogP contribution in [0.3, 0.4) is 0 Å². The number of aromatic nitrogens is 1. The van der Waals surface area contributed by atoms with Crippen LogP contribution in [0.15, 0.2) is 60.8 Å². The fourth-order valence-corrected chi connectivity index (χ4v) is 2.16. The Labute approximate surface area is 116 Å². The number of fused-ring (bicyclic) bond motifs is 1. The first kappa shape index (κ1) is 12.3. The first-order chi connectivity index (χ1) is 9.83. The molecule has 3 N–H and O–H groups in total. The number of benzene rings is 2. The lowest BCUT2D eigenvalue weighted by Gasteiger charge is -2.07. The smallest absolute Gasteiger partial charge is 0.242 e. The molecule has 0 aliphatic rings. The van der Waals surface area contributed by atoms with E-state index < -0.39 is 0 Å². The van der Waals surface area contributed by atoms with Crippen LogP contribution in [0, 0.1) is 0 Å². The molecular formula is C16H15N3O. The van der Waals surface area contributed by atoms with Crippen LogP contribution in [0.2, 0.25) is 0 Å². The topological polar surface area (TPSA) is 56.9 Å². The number of amides is 1. The molecule has 0 bridgehead atoms. The molecule has 1 aromatic heterocycles. The SMILES string of the molecule is O=C(Cc1c[nH]c2ccccc12)NNc1ccccc1. The number of rotatable bonds is 4. The molecule has 0 aliphatic heterocycles. The number of hydrazine groups is 1. The molecule has 0 radical (unpaired) electrons. The van der Waals surface area contributed by atoms with Crippen molar-refractivity contribution in [3.05, 3.63) is 66.4 Å². The molecule has 0 spiro atoms. The quantitative estimate of drug-likeness (QED) is 0.635. The lowest BCUT2D eigenvalue weighted by atomic mass is 10.1. The zero-order chi connectivity index (χ0) is 13.8. The van der Waals surface area contributed by atoms with Gasteiger partial charge >= 0.3 is 0 Å². The molecule has 100 valence electrons. The summed E-state index contributed by atoms with van der Waals surface area (Å²) < 4.78 is 0. The van der Waals surface area contributed by atoms with Gasteiger partial charge < -0.3 is 4.98 Å². The van der Waals surface area contributed by atoms with E-state index in [4.69, 9.17) is 0 Å². The average Bonchev–Trinajstić information content (AvgIpc) is 2.90. The van der Waals surface area contributed by atoms with Gasteiger partial charge in [0.05, 0.1) is 12.1 Å². The van der Waals surface area contributed by atoms with E-state index in [0.29, 0.717) is 6.42 Å². The van der Waals surface area contributed by atoms with Crippen LogP contribution in [-0.2, 0) is 11.2 Å². The molecule has 0 saturated carbocycles. The molecule has 2 aromatic carbocycles. The van der Waals surface area contributed by atoms with Crippen LogP contribution >= 0.6 is 0 Å². The summed E-state index contributed by atoms with van der Waals surface area (Å²) in [4.78, 5) is 15.1. The summed E-state index contributed by atoms with van der Waals surface area (Å²) in [5.74, 6) is -0.0707. The second kappa shape index (κ2) is 5.48. The molecule has 1 amide bonds. The molecule has 0 saturated heterocycles. The van der Waals surface area contributed by atoms with Gasteiger partial charge in [-0.25, -0.2) is 0 Å². The fourth-order valence-electron chi connectivity index (χ4n) is 2.16. The predicted molar refractivity (Wildman–Crippen MR) is 80.2 cm³/mol. The molecule has 20 heavy (non-hydrogen) atoms. The largest absolute Gasteiger partial charge is 0.361 e. The molecule has 4 nitrogen and oxygen atoms in total. The highest BCUT2D eigenvalue weighted by molar-refractivity contribution is 5.89. The van der Waals surface area contributed by atoms with Crippen molar-refractivity contribution in [1.82, 2.24) is 10.4 Å². The molecule has 3 rings (SSSR count). The fraction of sp³-hybridized carbons (Fsp3) is 0.0625. The molecule has 0 aliphatic carbocycles. The van der Waals surface area contributed by atoms with E-state index in [0.717, 1.165) is 22.2 Å². The summed E-state index contributed by atoms with van der Waals surface area (Å²) >= 11 is 0. The van der Waals surface area contributed by atoms with Gasteiger partial charge in [-0.15, -0.1) is 0 Å². The summed E-state index contributed by atoms with van der Waals surface area (Å²) in [6, 6.07) is 17.5. The zero-order valence-corrected chi connectivity index (χ0v) is 10.9. The summed E-state index contributed by atoms with van der Waals surface area (Å²) in [6.07, 6.45) is 2.22. The van der Waals surface area contributed by atoms with Crippen LogP contribution in [0.4, 0.5) is 5.69 Å². The number of aromatic amines is 1. The number of nitrogens with one attached hydrogen (secondary N) is 3. The maximum absolute atomic E-state index is 11.9. The monoisotopic (exact) mass is 265 g/mol. The molecule has 0 fully saturated rings. The first-order valence-corrected chi connectivity index (χ1v) is 6.48. The Bertz CT molecular complexity index is 719. The second-order valence-corrected chi connectivity index (χ2v) is 4.58. The Morgan fingerprint density at radius 1 is 1.00 bits per heavy atom. The number of anilines is 1. The standard InChI is InChI=1S/C16H15N3O/c20-16(19-18-13-6-2-1-3-7-13)10-12-11-17-15-9-5-4-8-14(12)15/h1-9,11,17-18H,10H2,(H,19,20). The Hall–Kier alpha value is -2.75. The van der Waals surface area contributed by atoms with Crippen LogP contribution in [0.5, 0.6) is 0 Å². The van der Waals surface area contributed by atoms with E-state index in [1.165, 1.54) is 0 Å². The number of hydrogen-bond donors (Lipinski definition) is 3. The second-order valence-electron chi connectivity index (χ2n) is 4.58. The first-order valence-electron chi connectivity index (χ1n) is 6.48. The van der Waals surface area contributed by atoms with Crippen LogP contribution < -0.4 is 10.9 Å². The van der Waals surface area contributed by atoms with Crippen molar-refractivity contribution in [2.75, 3.05) is 5.43 Å². The van der Waals surface area contributed by atoms with Gasteiger partial charge in [0.1, 0.15) is 0 Å². The van der Waals surface area contributed by atoms with Crippen LogP contribution in [0.1, 0.15) is 5.56 Å². The van der Waals surface area contributed by atoms with Crippen molar-refractivity contribution < 1.29 is 4.79 Å². The van der Waals surface area contributed by atoms with E-state index in [1.807, 2.05) is 60.8 Å². The molecule has 0 atom stereocenters. The maximum Gasteiger partial charge on any atom is 0.242 e. The normalized spacial score (nSPS) is 10.4. The van der Waals surface area contributed by atoms with E-state index in [1.54, 1.807) is 0 Å². The Balaban J connectivity index is 1.64. The molecule has 1 heterocycles. The maximum atomic E-state index is 11.9. The van der Waals surface area contributed by atoms with Gasteiger partial charge in [-0.05, 0) is 23.8 Å². The van der Waals surface area contributed by atoms with Gasteiger partial charge in [-0.2, -0.15) is 0 Å². The van der Waals surface area contributed by atoms with Crippen molar-refractivity contribution >= 4 is 22.5 Å². The average molecular weight is 265 g/mol. The van der Waals surface area contributed by atoms with Crippen molar-refractivity contribution in [2.45, 2.75) is 6.42 Å². The third kappa shape index (κ3) is 2.64. The van der Waals surface area contributed by atoms with Gasteiger partial charge in [0.15, 0.2) is 0 Å². The summed E-state index contributed by atoms with van der Waals surface area (Å²) in [5, 5.41) is 1.09. The summed E-state index contributed by atoms with van der Waals surface area (Å²) in [5.41, 5.74) is 8.50. The van der Waals surface area contributed by atoms with Crippen molar-refractivity contribution in [3.8, 4) is 0 Å². The highest BCUT2D eigenvalue weighted by Crippen LogP contribution is 2.17. The number of para-hydroxylation sites is 2. The van der Waals surface area contributed by atoms with Crippen molar-refractivity contribution in [2.24, 2.45) is 0 Å². The molecular weight excluding hydrogens is 250 g/mol. The Morgan fingerprint density at radius 3 is 2.60 bits per heavy atom. The minimum Gasteiger partial charge on any atom is -0.361 e. The number of H-pyrrole nitrogens is 1. The zero-order valence-electron chi connectivity index (χ0n) is 10.9. The summed E-state index contributed by atoms with van der Waals surface area (Å²) in [7, 11) is 0. The summed E-state index contributed by atoms with van der Waals surface area (Å²) in [6.45, 7) is 0. The third-order valence-corrected chi connectivity index (χ3v) is 3.15. The van der Waals surface area contributed by atoms with E-state index >= 15 is 0 Å². The minimum absolute atomic E-state index is 0.0707. The number of hydrogen-bond acceptors (Lipinski definition) is 2. The number of carbonyl (C=O) groups is 1. The third-order valence-electron chi connectivity index (χ3n) is 3.15. The Kier molecular flexibility index (Phi) is 3.37. The lowest BCUT2D eigenvalue weighted by Crippen LogP contribution is -2.30. The Morgan fingerprint density at radius 2 is 1.75 bits per heavy atom. The van der Waals surface area contributed by atoms with Gasteiger partial charge in [0.2, 0.25) is 5.91 Å². The highest BCUT2D eigenvalue weighted by Gasteiger charge is 2.07. The predicted octanol–water partition coefficient (Wildman–Crippen LogP) is 2.85. The van der Waals surface area contributed by atoms with E-state index in [-0.39, 0.29) is 5.91 Å². The van der Waals surface area contributed by atoms with Crippen LogP contribution in [0.25, 0.3) is 10.9 Å².